The molecule has 1 heterocycles. The summed E-state index contributed by atoms with van der Waals surface area (Å²) in [6.45, 7) is 9.90. The molecule has 0 atom stereocenters. The van der Waals surface area contributed by atoms with Crippen LogP contribution in [0.15, 0.2) is 0 Å². The molecule has 0 aromatic rings. The summed E-state index contributed by atoms with van der Waals surface area (Å²) in [6.07, 6.45) is 10.3. The summed E-state index contributed by atoms with van der Waals surface area (Å²) in [5.74, 6) is 1.91. The molecule has 4 nitrogen and oxygen atoms in total. The third kappa shape index (κ3) is 4.61. The van der Waals surface area contributed by atoms with Crippen LogP contribution >= 0.6 is 0 Å². The van der Waals surface area contributed by atoms with Crippen molar-refractivity contribution in [3.05, 3.63) is 0 Å². The predicted molar refractivity (Wildman–Crippen MR) is 105 cm³/mol. The summed E-state index contributed by atoms with van der Waals surface area (Å²) < 4.78 is 0. The zero-order chi connectivity index (χ0) is 18.7. The van der Waals surface area contributed by atoms with Crippen LogP contribution in [-0.2, 0) is 9.59 Å². The van der Waals surface area contributed by atoms with Crippen molar-refractivity contribution >= 4 is 11.8 Å². The van der Waals surface area contributed by atoms with Crippen molar-refractivity contribution in [1.82, 2.24) is 9.80 Å². The van der Waals surface area contributed by atoms with Crippen molar-refractivity contribution in [1.29, 1.82) is 0 Å². The number of carbonyl (C=O) groups excluding carboxylic acids is 2. The maximum Gasteiger partial charge on any atom is 0.225 e. The number of carbonyl (C=O) groups is 2. The maximum atomic E-state index is 12.9. The van der Waals surface area contributed by atoms with Crippen molar-refractivity contribution < 1.29 is 9.59 Å². The molecule has 2 amide bonds. The van der Waals surface area contributed by atoms with Gasteiger partial charge in [0.1, 0.15) is 0 Å². The largest absolute Gasteiger partial charge is 0.339 e. The van der Waals surface area contributed by atoms with Crippen molar-refractivity contribution in [2.24, 2.45) is 23.2 Å². The lowest BCUT2D eigenvalue weighted by atomic mass is 9.69. The highest BCUT2D eigenvalue weighted by Crippen LogP contribution is 2.40. The van der Waals surface area contributed by atoms with Crippen molar-refractivity contribution in [2.45, 2.75) is 78.6 Å². The van der Waals surface area contributed by atoms with Crippen LogP contribution < -0.4 is 0 Å². The molecular formula is C22H38N2O2. The Labute approximate surface area is 159 Å². The van der Waals surface area contributed by atoms with E-state index in [1.807, 2.05) is 9.80 Å². The summed E-state index contributed by atoms with van der Waals surface area (Å²) in [6, 6.07) is 0. The molecule has 0 bridgehead atoms. The average molecular weight is 363 g/mol. The van der Waals surface area contributed by atoms with Gasteiger partial charge in [0.15, 0.2) is 0 Å². The molecule has 148 valence electrons. The van der Waals surface area contributed by atoms with Crippen molar-refractivity contribution in [3.63, 3.8) is 0 Å². The standard InChI is InChI=1S/C22H38N2O2/c1-22(2,3)19-11-9-18(10-12-19)21(26)24-15-13-23(14-16-24)20(25)17-7-5-4-6-8-17/h17-19H,4-16H2,1-3H3. The van der Waals surface area contributed by atoms with Crippen LogP contribution in [0.1, 0.15) is 78.6 Å². The molecular weight excluding hydrogens is 324 g/mol. The van der Waals surface area contributed by atoms with Crippen molar-refractivity contribution in [2.75, 3.05) is 26.2 Å². The number of hydrogen-bond donors (Lipinski definition) is 0. The summed E-state index contributed by atoms with van der Waals surface area (Å²) in [4.78, 5) is 29.7. The second kappa shape index (κ2) is 8.31. The lowest BCUT2D eigenvalue weighted by molar-refractivity contribution is -0.145. The monoisotopic (exact) mass is 362 g/mol. The van der Waals surface area contributed by atoms with Gasteiger partial charge in [-0.05, 0) is 49.9 Å². The van der Waals surface area contributed by atoms with E-state index in [2.05, 4.69) is 20.8 Å². The highest BCUT2D eigenvalue weighted by Gasteiger charge is 2.35. The van der Waals surface area contributed by atoms with E-state index < -0.39 is 0 Å². The van der Waals surface area contributed by atoms with E-state index in [9.17, 15) is 9.59 Å². The Hall–Kier alpha value is -1.06. The van der Waals surface area contributed by atoms with E-state index in [0.717, 1.165) is 57.8 Å². The molecule has 2 saturated carbocycles. The van der Waals surface area contributed by atoms with Gasteiger partial charge in [-0.2, -0.15) is 0 Å². The van der Waals surface area contributed by atoms with Crippen molar-refractivity contribution in [3.8, 4) is 0 Å². The molecule has 3 aliphatic rings. The SMILES string of the molecule is CC(C)(C)C1CCC(C(=O)N2CCN(C(=O)C3CCCCC3)CC2)CC1. The van der Waals surface area contributed by atoms with E-state index >= 15 is 0 Å². The van der Waals surface area contributed by atoms with Gasteiger partial charge in [-0.25, -0.2) is 0 Å². The van der Waals surface area contributed by atoms with Crippen LogP contribution in [0, 0.1) is 23.2 Å². The molecule has 3 fully saturated rings. The van der Waals surface area contributed by atoms with Gasteiger partial charge in [-0.15, -0.1) is 0 Å². The summed E-state index contributed by atoms with van der Waals surface area (Å²) in [5.41, 5.74) is 0.360. The molecule has 0 N–H and O–H groups in total. The smallest absolute Gasteiger partial charge is 0.225 e. The molecule has 2 aliphatic carbocycles. The fourth-order valence-corrected chi connectivity index (χ4v) is 5.22. The van der Waals surface area contributed by atoms with Crippen LogP contribution in [0.25, 0.3) is 0 Å². The topological polar surface area (TPSA) is 40.6 Å². The minimum Gasteiger partial charge on any atom is -0.339 e. The Morgan fingerprint density at radius 1 is 0.654 bits per heavy atom. The second-order valence-electron chi connectivity index (χ2n) is 9.90. The van der Waals surface area contributed by atoms with Crippen LogP contribution in [0.4, 0.5) is 0 Å². The van der Waals surface area contributed by atoms with E-state index in [0.29, 0.717) is 17.2 Å². The Morgan fingerprint density at radius 2 is 1.08 bits per heavy atom. The molecule has 0 aromatic carbocycles. The first-order valence-electron chi connectivity index (χ1n) is 10.9. The minimum absolute atomic E-state index is 0.217. The fourth-order valence-electron chi connectivity index (χ4n) is 5.22. The van der Waals surface area contributed by atoms with Gasteiger partial charge in [-0.1, -0.05) is 40.0 Å². The van der Waals surface area contributed by atoms with Gasteiger partial charge < -0.3 is 9.80 Å². The summed E-state index contributed by atoms with van der Waals surface area (Å²) in [7, 11) is 0. The van der Waals surface area contributed by atoms with Gasteiger partial charge >= 0.3 is 0 Å². The van der Waals surface area contributed by atoms with Crippen LogP contribution in [-0.4, -0.2) is 47.8 Å². The summed E-state index contributed by atoms with van der Waals surface area (Å²) in [5, 5.41) is 0. The van der Waals surface area contributed by atoms with Crippen LogP contribution in [0.2, 0.25) is 0 Å². The van der Waals surface area contributed by atoms with Gasteiger partial charge in [-0.3, -0.25) is 9.59 Å². The quantitative estimate of drug-likeness (QED) is 0.742. The first-order chi connectivity index (χ1) is 12.4. The van der Waals surface area contributed by atoms with Gasteiger partial charge in [0.25, 0.3) is 0 Å². The number of nitrogens with zero attached hydrogens (tertiary/aromatic N) is 2. The van der Waals surface area contributed by atoms with Gasteiger partial charge in [0, 0.05) is 38.0 Å². The highest BCUT2D eigenvalue weighted by atomic mass is 16.2. The van der Waals surface area contributed by atoms with E-state index in [4.69, 9.17) is 0 Å². The van der Waals surface area contributed by atoms with Crippen LogP contribution in [0.3, 0.4) is 0 Å². The molecule has 3 rings (SSSR count). The molecule has 0 spiro atoms. The predicted octanol–water partition coefficient (Wildman–Crippen LogP) is 4.09. The fraction of sp³-hybridized carbons (Fsp3) is 0.909. The Balaban J connectivity index is 1.44. The third-order valence-corrected chi connectivity index (χ3v) is 7.16. The number of rotatable bonds is 2. The number of amides is 2. The third-order valence-electron chi connectivity index (χ3n) is 7.16. The first kappa shape index (κ1) is 19.7. The Morgan fingerprint density at radius 3 is 1.50 bits per heavy atom. The maximum absolute atomic E-state index is 12.9. The molecule has 26 heavy (non-hydrogen) atoms. The lowest BCUT2D eigenvalue weighted by Crippen LogP contribution is -2.53. The molecule has 0 unspecified atom stereocenters. The van der Waals surface area contributed by atoms with E-state index in [1.54, 1.807) is 0 Å². The van der Waals surface area contributed by atoms with E-state index in [1.165, 1.54) is 32.1 Å². The second-order valence-corrected chi connectivity index (χ2v) is 9.90. The summed E-state index contributed by atoms with van der Waals surface area (Å²) >= 11 is 0. The minimum atomic E-state index is 0.217. The molecule has 4 heteroatoms. The average Bonchev–Trinajstić information content (AvgIpc) is 2.67. The number of hydrogen-bond acceptors (Lipinski definition) is 2. The Bertz CT molecular complexity index is 489. The highest BCUT2D eigenvalue weighted by molar-refractivity contribution is 5.81. The van der Waals surface area contributed by atoms with Crippen LogP contribution in [0.5, 0.6) is 0 Å². The molecule has 1 saturated heterocycles. The zero-order valence-electron chi connectivity index (χ0n) is 17.1. The zero-order valence-corrected chi connectivity index (χ0v) is 17.1. The molecule has 0 radical (unpaired) electrons. The molecule has 0 aromatic heterocycles. The lowest BCUT2D eigenvalue weighted by Gasteiger charge is -2.41. The first-order valence-corrected chi connectivity index (χ1v) is 10.9. The van der Waals surface area contributed by atoms with E-state index in [-0.39, 0.29) is 11.8 Å². The Kier molecular flexibility index (Phi) is 6.29. The van der Waals surface area contributed by atoms with Gasteiger partial charge in [0.05, 0.1) is 0 Å². The number of piperazine rings is 1. The van der Waals surface area contributed by atoms with Gasteiger partial charge in [0.2, 0.25) is 11.8 Å². The molecule has 1 aliphatic heterocycles. The normalized spacial score (nSPS) is 28.9.